The normalized spacial score (nSPS) is 21.5. The molecule has 0 amide bonds. The second-order valence-corrected chi connectivity index (χ2v) is 11.3. The molecule has 0 saturated carbocycles. The van der Waals surface area contributed by atoms with Gasteiger partial charge >= 0.3 is 0 Å². The van der Waals surface area contributed by atoms with E-state index in [0.29, 0.717) is 12.8 Å². The van der Waals surface area contributed by atoms with Gasteiger partial charge in [-0.3, -0.25) is 0 Å². The number of fused-ring (bicyclic) bond motifs is 1. The summed E-state index contributed by atoms with van der Waals surface area (Å²) in [5, 5.41) is 11.2. The summed E-state index contributed by atoms with van der Waals surface area (Å²) >= 11 is 0. The van der Waals surface area contributed by atoms with E-state index in [1.54, 1.807) is 0 Å². The second-order valence-electron chi connectivity index (χ2n) is 9.07. The Labute approximate surface area is 185 Å². The molecule has 4 rings (SSSR count). The zero-order valence-corrected chi connectivity index (χ0v) is 19.3. The minimum absolute atomic E-state index is 0.0997. The van der Waals surface area contributed by atoms with E-state index in [0.717, 1.165) is 38.2 Å². The zero-order valence-electron chi connectivity index (χ0n) is 18.4. The number of allylic oxidation sites excluding steroid dienone is 2. The summed E-state index contributed by atoms with van der Waals surface area (Å²) in [6.07, 6.45) is 7.99. The molecule has 2 aliphatic heterocycles. The SMILES string of the molecule is CC1=C(c2ccccc2)C(CC(O)C2CCN(CCCS(C)(=O)=O)CC2)n2cncc21. The lowest BCUT2D eigenvalue weighted by Gasteiger charge is -2.35. The summed E-state index contributed by atoms with van der Waals surface area (Å²) in [5.41, 5.74) is 4.87. The minimum atomic E-state index is -2.89. The number of sulfone groups is 1. The van der Waals surface area contributed by atoms with E-state index >= 15 is 0 Å². The Morgan fingerprint density at radius 2 is 1.90 bits per heavy atom. The van der Waals surface area contributed by atoms with Gasteiger partial charge in [0, 0.05) is 6.26 Å². The Balaban J connectivity index is 1.39. The van der Waals surface area contributed by atoms with Crippen LogP contribution in [0.1, 0.15) is 49.9 Å². The number of aliphatic hydroxyl groups excluding tert-OH is 1. The van der Waals surface area contributed by atoms with Crippen molar-refractivity contribution in [1.82, 2.24) is 14.5 Å². The van der Waals surface area contributed by atoms with Crippen LogP contribution in [0, 0.1) is 5.92 Å². The van der Waals surface area contributed by atoms with Crippen LogP contribution in [-0.2, 0) is 9.84 Å². The Bertz CT molecular complexity index is 1020. The third kappa shape index (κ3) is 5.10. The third-order valence-electron chi connectivity index (χ3n) is 6.84. The van der Waals surface area contributed by atoms with E-state index in [1.165, 1.54) is 23.0 Å². The Morgan fingerprint density at radius 3 is 2.58 bits per heavy atom. The molecule has 2 atom stereocenters. The molecule has 2 aromatic rings. The van der Waals surface area contributed by atoms with Crippen LogP contribution < -0.4 is 0 Å². The summed E-state index contributed by atoms with van der Waals surface area (Å²) in [6.45, 7) is 4.81. The number of hydrogen-bond acceptors (Lipinski definition) is 5. The van der Waals surface area contributed by atoms with Crippen molar-refractivity contribution in [3.05, 3.63) is 54.1 Å². The Kier molecular flexibility index (Phi) is 6.65. The van der Waals surface area contributed by atoms with Gasteiger partial charge in [-0.2, -0.15) is 0 Å². The fourth-order valence-corrected chi connectivity index (χ4v) is 5.81. The Morgan fingerprint density at radius 1 is 1.19 bits per heavy atom. The second kappa shape index (κ2) is 9.27. The summed E-state index contributed by atoms with van der Waals surface area (Å²) in [6, 6.07) is 10.6. The summed E-state index contributed by atoms with van der Waals surface area (Å²) in [7, 11) is -2.89. The summed E-state index contributed by atoms with van der Waals surface area (Å²) in [5.74, 6) is 0.523. The number of aromatic nitrogens is 2. The highest BCUT2D eigenvalue weighted by Crippen LogP contribution is 2.45. The molecule has 168 valence electrons. The molecule has 0 spiro atoms. The molecule has 2 unspecified atom stereocenters. The van der Waals surface area contributed by atoms with Gasteiger partial charge in [0.25, 0.3) is 0 Å². The van der Waals surface area contributed by atoms with Crippen LogP contribution in [0.5, 0.6) is 0 Å². The van der Waals surface area contributed by atoms with Crippen LogP contribution in [-0.4, -0.2) is 65.7 Å². The molecule has 0 aliphatic carbocycles. The van der Waals surface area contributed by atoms with Gasteiger partial charge in [-0.1, -0.05) is 30.3 Å². The standard InChI is InChI=1S/C24H33N3O3S/c1-18-22-16-25-17-27(22)21(24(18)20-7-4-3-5-8-20)15-23(28)19-9-12-26(13-10-19)11-6-14-31(2,29)30/h3-5,7-8,16-17,19,21,23,28H,6,9-15H2,1-2H3. The predicted octanol–water partition coefficient (Wildman–Crippen LogP) is 3.27. The van der Waals surface area contributed by atoms with E-state index in [1.807, 2.05) is 18.6 Å². The molecule has 1 aromatic carbocycles. The van der Waals surface area contributed by atoms with Gasteiger partial charge in [-0.05, 0) is 74.9 Å². The van der Waals surface area contributed by atoms with Crippen molar-refractivity contribution >= 4 is 21.0 Å². The van der Waals surface area contributed by atoms with Crippen molar-refractivity contribution in [2.75, 3.05) is 31.6 Å². The topological polar surface area (TPSA) is 75.4 Å². The van der Waals surface area contributed by atoms with Crippen molar-refractivity contribution in [3.63, 3.8) is 0 Å². The number of benzene rings is 1. The lowest BCUT2D eigenvalue weighted by molar-refractivity contribution is 0.0482. The van der Waals surface area contributed by atoms with Gasteiger partial charge in [0.15, 0.2) is 0 Å². The van der Waals surface area contributed by atoms with E-state index in [2.05, 4.69) is 45.6 Å². The number of likely N-dealkylation sites (tertiary alicyclic amines) is 1. The van der Waals surface area contributed by atoms with Gasteiger partial charge in [-0.25, -0.2) is 13.4 Å². The van der Waals surface area contributed by atoms with E-state index < -0.39 is 9.84 Å². The van der Waals surface area contributed by atoms with E-state index in [9.17, 15) is 13.5 Å². The lowest BCUT2D eigenvalue weighted by Crippen LogP contribution is -2.39. The highest BCUT2D eigenvalue weighted by molar-refractivity contribution is 7.90. The molecule has 1 N–H and O–H groups in total. The largest absolute Gasteiger partial charge is 0.393 e. The molecular weight excluding hydrogens is 410 g/mol. The molecule has 31 heavy (non-hydrogen) atoms. The van der Waals surface area contributed by atoms with E-state index in [-0.39, 0.29) is 23.8 Å². The first-order valence-electron chi connectivity index (χ1n) is 11.2. The molecule has 1 saturated heterocycles. The van der Waals surface area contributed by atoms with Gasteiger partial charge in [-0.15, -0.1) is 0 Å². The van der Waals surface area contributed by atoms with Crippen molar-refractivity contribution in [3.8, 4) is 0 Å². The van der Waals surface area contributed by atoms with Crippen LogP contribution in [0.15, 0.2) is 42.9 Å². The first-order chi connectivity index (χ1) is 14.8. The quantitative estimate of drug-likeness (QED) is 0.678. The predicted molar refractivity (Wildman–Crippen MR) is 124 cm³/mol. The van der Waals surface area contributed by atoms with Crippen LogP contribution in [0.2, 0.25) is 0 Å². The fourth-order valence-electron chi connectivity index (χ4n) is 5.16. The monoisotopic (exact) mass is 443 g/mol. The maximum Gasteiger partial charge on any atom is 0.147 e. The molecule has 7 heteroatoms. The molecule has 6 nitrogen and oxygen atoms in total. The summed E-state index contributed by atoms with van der Waals surface area (Å²) < 4.78 is 24.9. The molecular formula is C24H33N3O3S. The van der Waals surface area contributed by atoms with E-state index in [4.69, 9.17) is 0 Å². The average Bonchev–Trinajstić information content (AvgIpc) is 3.31. The molecule has 1 fully saturated rings. The van der Waals surface area contributed by atoms with Crippen molar-refractivity contribution in [1.29, 1.82) is 0 Å². The summed E-state index contributed by atoms with van der Waals surface area (Å²) in [4.78, 5) is 6.68. The molecule has 0 bridgehead atoms. The lowest BCUT2D eigenvalue weighted by atomic mass is 9.85. The molecule has 0 radical (unpaired) electrons. The van der Waals surface area contributed by atoms with Gasteiger partial charge in [0.2, 0.25) is 0 Å². The van der Waals surface area contributed by atoms with Gasteiger partial charge < -0.3 is 14.6 Å². The molecule has 2 aliphatic rings. The Hall–Kier alpha value is -1.96. The average molecular weight is 444 g/mol. The first-order valence-corrected chi connectivity index (χ1v) is 13.3. The number of piperidine rings is 1. The maximum atomic E-state index is 11.3. The smallest absolute Gasteiger partial charge is 0.147 e. The van der Waals surface area contributed by atoms with Crippen LogP contribution in [0.4, 0.5) is 0 Å². The number of rotatable bonds is 8. The van der Waals surface area contributed by atoms with Crippen LogP contribution >= 0.6 is 0 Å². The molecule has 3 heterocycles. The minimum Gasteiger partial charge on any atom is -0.393 e. The number of imidazole rings is 1. The molecule has 1 aromatic heterocycles. The maximum absolute atomic E-state index is 11.3. The zero-order chi connectivity index (χ0) is 22.0. The van der Waals surface area contributed by atoms with Crippen molar-refractivity contribution < 1.29 is 13.5 Å². The van der Waals surface area contributed by atoms with Crippen molar-refractivity contribution in [2.24, 2.45) is 5.92 Å². The highest BCUT2D eigenvalue weighted by Gasteiger charge is 2.34. The number of aliphatic hydroxyl groups is 1. The third-order valence-corrected chi connectivity index (χ3v) is 7.87. The van der Waals surface area contributed by atoms with Gasteiger partial charge in [0.1, 0.15) is 9.84 Å². The van der Waals surface area contributed by atoms with Crippen LogP contribution in [0.3, 0.4) is 0 Å². The van der Waals surface area contributed by atoms with Gasteiger partial charge in [0.05, 0.1) is 36.1 Å². The number of hydrogen-bond donors (Lipinski definition) is 1. The highest BCUT2D eigenvalue weighted by atomic mass is 32.2. The van der Waals surface area contributed by atoms with Crippen LogP contribution in [0.25, 0.3) is 11.1 Å². The first kappa shape index (κ1) is 22.2. The number of nitrogens with zero attached hydrogens (tertiary/aromatic N) is 3. The fraction of sp³-hybridized carbons (Fsp3) is 0.542. The van der Waals surface area contributed by atoms with Crippen molar-refractivity contribution in [2.45, 2.75) is 44.8 Å².